The number of aryl methyl sites for hydroxylation is 1. The zero-order chi connectivity index (χ0) is 15.9. The van der Waals surface area contributed by atoms with Crippen molar-refractivity contribution >= 4 is 17.5 Å². The summed E-state index contributed by atoms with van der Waals surface area (Å²) < 4.78 is 5.52. The molecule has 2 aromatic rings. The summed E-state index contributed by atoms with van der Waals surface area (Å²) in [5.41, 5.74) is 0.782. The molecule has 1 heterocycles. The molecule has 2 rings (SSSR count). The van der Waals surface area contributed by atoms with Crippen LogP contribution in [0.25, 0.3) is 11.5 Å². The summed E-state index contributed by atoms with van der Waals surface area (Å²) in [6, 6.07) is 7.08. The van der Waals surface area contributed by atoms with E-state index >= 15 is 0 Å². The lowest BCUT2D eigenvalue weighted by Crippen LogP contribution is -2.26. The Labute approximate surface area is 133 Å². The van der Waals surface area contributed by atoms with Crippen LogP contribution in [0.15, 0.2) is 28.7 Å². The quantitative estimate of drug-likeness (QED) is 0.815. The topological polar surface area (TPSA) is 88.2 Å². The molecule has 2 N–H and O–H groups in total. The maximum absolute atomic E-state index is 11.6. The van der Waals surface area contributed by atoms with E-state index in [1.165, 1.54) is 0 Å². The zero-order valence-corrected chi connectivity index (χ0v) is 13.0. The number of benzene rings is 1. The molecule has 0 saturated carbocycles. The highest BCUT2D eigenvalue weighted by molar-refractivity contribution is 6.30. The first-order chi connectivity index (χ1) is 10.5. The molecule has 6 nitrogen and oxygen atoms in total. The van der Waals surface area contributed by atoms with Crippen LogP contribution in [0.2, 0.25) is 5.02 Å². The molecule has 22 heavy (non-hydrogen) atoms. The van der Waals surface area contributed by atoms with E-state index in [9.17, 15) is 4.79 Å². The van der Waals surface area contributed by atoms with Crippen LogP contribution in [0.5, 0.6) is 0 Å². The number of carbonyl (C=O) groups is 1. The van der Waals surface area contributed by atoms with Gasteiger partial charge in [0.1, 0.15) is 0 Å². The molecule has 0 radical (unpaired) electrons. The van der Waals surface area contributed by atoms with Crippen molar-refractivity contribution in [2.45, 2.75) is 32.3 Å². The van der Waals surface area contributed by atoms with Gasteiger partial charge in [-0.15, -0.1) is 10.2 Å². The van der Waals surface area contributed by atoms with Gasteiger partial charge in [-0.25, -0.2) is 0 Å². The van der Waals surface area contributed by atoms with Crippen molar-refractivity contribution < 1.29 is 14.3 Å². The van der Waals surface area contributed by atoms with Crippen molar-refractivity contribution in [1.82, 2.24) is 15.5 Å². The normalized spacial score (nSPS) is 12.1. The highest BCUT2D eigenvalue weighted by atomic mass is 35.5. The van der Waals surface area contributed by atoms with E-state index in [4.69, 9.17) is 21.1 Å². The maximum Gasteiger partial charge on any atom is 0.247 e. The first-order valence-corrected chi connectivity index (χ1v) is 7.45. The van der Waals surface area contributed by atoms with Crippen molar-refractivity contribution in [3.63, 3.8) is 0 Å². The summed E-state index contributed by atoms with van der Waals surface area (Å²) >= 11 is 5.82. The molecule has 0 spiro atoms. The number of hydrogen-bond acceptors (Lipinski definition) is 5. The molecular weight excluding hydrogens is 306 g/mol. The molecule has 0 fully saturated rings. The molecule has 1 atom stereocenters. The van der Waals surface area contributed by atoms with Crippen molar-refractivity contribution in [2.24, 2.45) is 0 Å². The van der Waals surface area contributed by atoms with E-state index in [0.717, 1.165) is 5.56 Å². The third-order valence-corrected chi connectivity index (χ3v) is 3.26. The SMILES string of the molecule is CC(O)CCNC(=O)CCc1nnc(-c2ccc(Cl)cc2)o1. The van der Waals surface area contributed by atoms with Crippen molar-refractivity contribution in [1.29, 1.82) is 0 Å². The maximum atomic E-state index is 11.6. The van der Waals surface area contributed by atoms with E-state index in [-0.39, 0.29) is 12.3 Å². The summed E-state index contributed by atoms with van der Waals surface area (Å²) in [6.07, 6.45) is 0.758. The second-order valence-electron chi connectivity index (χ2n) is 5.00. The van der Waals surface area contributed by atoms with E-state index in [2.05, 4.69) is 15.5 Å². The molecule has 1 unspecified atom stereocenters. The summed E-state index contributed by atoms with van der Waals surface area (Å²) in [5.74, 6) is 0.712. The van der Waals surface area contributed by atoms with Crippen LogP contribution in [0.1, 0.15) is 25.7 Å². The molecule has 118 valence electrons. The van der Waals surface area contributed by atoms with Gasteiger partial charge in [-0.2, -0.15) is 0 Å². The average molecular weight is 324 g/mol. The minimum Gasteiger partial charge on any atom is -0.421 e. The Morgan fingerprint density at radius 1 is 1.36 bits per heavy atom. The number of aromatic nitrogens is 2. The van der Waals surface area contributed by atoms with Gasteiger partial charge in [-0.05, 0) is 37.6 Å². The van der Waals surface area contributed by atoms with Crippen molar-refractivity contribution in [3.8, 4) is 11.5 Å². The number of carbonyl (C=O) groups excluding carboxylic acids is 1. The summed E-state index contributed by atoms with van der Waals surface area (Å²) in [4.78, 5) is 11.6. The Morgan fingerprint density at radius 2 is 2.09 bits per heavy atom. The molecule has 0 aliphatic carbocycles. The second kappa shape index (κ2) is 7.91. The molecule has 0 bridgehead atoms. The summed E-state index contributed by atoms with van der Waals surface area (Å²) in [6.45, 7) is 2.14. The third-order valence-electron chi connectivity index (χ3n) is 3.01. The van der Waals surface area contributed by atoms with Gasteiger partial charge in [-0.3, -0.25) is 4.79 Å². The van der Waals surface area contributed by atoms with Gasteiger partial charge in [0.2, 0.25) is 17.7 Å². The lowest BCUT2D eigenvalue weighted by atomic mass is 10.2. The molecule has 0 saturated heterocycles. The van der Waals surface area contributed by atoms with Crippen LogP contribution in [-0.4, -0.2) is 33.9 Å². The minimum atomic E-state index is -0.418. The Bertz CT molecular complexity index is 611. The van der Waals surface area contributed by atoms with Gasteiger partial charge in [-0.1, -0.05) is 11.6 Å². The molecule has 0 aliphatic heterocycles. The monoisotopic (exact) mass is 323 g/mol. The van der Waals surface area contributed by atoms with Crippen molar-refractivity contribution in [3.05, 3.63) is 35.2 Å². The first kappa shape index (κ1) is 16.5. The van der Waals surface area contributed by atoms with Crippen LogP contribution < -0.4 is 5.32 Å². The van der Waals surface area contributed by atoms with Crippen molar-refractivity contribution in [2.75, 3.05) is 6.54 Å². The van der Waals surface area contributed by atoms with Gasteiger partial charge in [0.25, 0.3) is 0 Å². The average Bonchev–Trinajstić information content (AvgIpc) is 2.94. The fourth-order valence-corrected chi connectivity index (χ4v) is 1.92. The number of hydrogen-bond donors (Lipinski definition) is 2. The Hall–Kier alpha value is -1.92. The Kier molecular flexibility index (Phi) is 5.91. The third kappa shape index (κ3) is 5.13. The Balaban J connectivity index is 1.82. The molecular formula is C15H18ClN3O3. The van der Waals surface area contributed by atoms with Gasteiger partial charge in [0.15, 0.2) is 0 Å². The highest BCUT2D eigenvalue weighted by Gasteiger charge is 2.10. The largest absolute Gasteiger partial charge is 0.421 e. The van der Waals surface area contributed by atoms with Crippen LogP contribution in [0.4, 0.5) is 0 Å². The standard InChI is InChI=1S/C15H18ClN3O3/c1-10(20)8-9-17-13(21)6-7-14-18-19-15(22-14)11-2-4-12(16)5-3-11/h2-5,10,20H,6-9H2,1H3,(H,17,21). The van der Waals surface area contributed by atoms with Crippen LogP contribution in [0, 0.1) is 0 Å². The smallest absolute Gasteiger partial charge is 0.247 e. The van der Waals surface area contributed by atoms with Gasteiger partial charge >= 0.3 is 0 Å². The zero-order valence-electron chi connectivity index (χ0n) is 12.3. The van der Waals surface area contributed by atoms with Crippen LogP contribution in [-0.2, 0) is 11.2 Å². The van der Waals surface area contributed by atoms with E-state index in [0.29, 0.717) is 36.2 Å². The number of aliphatic hydroxyl groups is 1. The van der Waals surface area contributed by atoms with Crippen LogP contribution >= 0.6 is 11.6 Å². The van der Waals surface area contributed by atoms with E-state index < -0.39 is 6.10 Å². The minimum absolute atomic E-state index is 0.105. The Morgan fingerprint density at radius 3 is 2.77 bits per heavy atom. The number of rotatable bonds is 7. The number of amides is 1. The highest BCUT2D eigenvalue weighted by Crippen LogP contribution is 2.20. The fraction of sp³-hybridized carbons (Fsp3) is 0.400. The molecule has 1 aromatic carbocycles. The fourth-order valence-electron chi connectivity index (χ4n) is 1.79. The number of aliphatic hydroxyl groups excluding tert-OH is 1. The predicted molar refractivity (Wildman–Crippen MR) is 82.4 cm³/mol. The molecule has 1 amide bonds. The summed E-state index contributed by atoms with van der Waals surface area (Å²) in [7, 11) is 0. The van der Waals surface area contributed by atoms with Gasteiger partial charge < -0.3 is 14.8 Å². The lowest BCUT2D eigenvalue weighted by molar-refractivity contribution is -0.121. The van der Waals surface area contributed by atoms with Gasteiger partial charge in [0.05, 0.1) is 6.10 Å². The molecule has 1 aromatic heterocycles. The van der Waals surface area contributed by atoms with Gasteiger partial charge in [0, 0.05) is 30.0 Å². The number of halogens is 1. The number of nitrogens with one attached hydrogen (secondary N) is 1. The number of nitrogens with zero attached hydrogens (tertiary/aromatic N) is 2. The van der Waals surface area contributed by atoms with Crippen LogP contribution in [0.3, 0.4) is 0 Å². The second-order valence-corrected chi connectivity index (χ2v) is 5.43. The molecule has 0 aliphatic rings. The first-order valence-electron chi connectivity index (χ1n) is 7.07. The summed E-state index contributed by atoms with van der Waals surface area (Å²) in [5, 5.41) is 20.4. The van der Waals surface area contributed by atoms with E-state index in [1.54, 1.807) is 31.2 Å². The van der Waals surface area contributed by atoms with E-state index in [1.807, 2.05) is 0 Å². The predicted octanol–water partition coefficient (Wildman–Crippen LogP) is 2.21. The lowest BCUT2D eigenvalue weighted by Gasteiger charge is -2.05. The molecule has 7 heteroatoms.